The van der Waals surface area contributed by atoms with E-state index in [0.717, 1.165) is 22.5 Å². The number of aromatic amines is 1. The molecule has 0 aliphatic carbocycles. The van der Waals surface area contributed by atoms with Gasteiger partial charge in [-0.3, -0.25) is 14.9 Å². The number of halogens is 1. The molecule has 1 atom stereocenters. The van der Waals surface area contributed by atoms with Crippen LogP contribution in [0.15, 0.2) is 55.1 Å². The molecule has 196 valence electrons. The molecule has 1 unspecified atom stereocenters. The number of rotatable bonds is 9. The Bertz CT molecular complexity index is 1590. The number of hydrogen-bond donors (Lipinski definition) is 2. The molecule has 5 aromatic rings. The van der Waals surface area contributed by atoms with Crippen LogP contribution in [0.4, 0.5) is 0 Å². The van der Waals surface area contributed by atoms with Gasteiger partial charge in [0.15, 0.2) is 5.65 Å². The number of benzene rings is 1. The summed E-state index contributed by atoms with van der Waals surface area (Å²) in [4.78, 5) is 27.2. The zero-order chi connectivity index (χ0) is 26.9. The van der Waals surface area contributed by atoms with Crippen LogP contribution in [0.1, 0.15) is 28.9 Å². The summed E-state index contributed by atoms with van der Waals surface area (Å²) in [7, 11) is -1.23. The van der Waals surface area contributed by atoms with Crippen molar-refractivity contribution in [1.29, 1.82) is 0 Å². The van der Waals surface area contributed by atoms with Crippen molar-refractivity contribution in [3.63, 3.8) is 0 Å². The number of H-pyrrole nitrogens is 1. The van der Waals surface area contributed by atoms with Crippen LogP contribution in [0.3, 0.4) is 0 Å². The van der Waals surface area contributed by atoms with Crippen molar-refractivity contribution in [3.8, 4) is 11.4 Å². The second kappa shape index (κ2) is 10.6. The van der Waals surface area contributed by atoms with Crippen LogP contribution in [0.2, 0.25) is 30.7 Å². The Morgan fingerprint density at radius 1 is 1.24 bits per heavy atom. The van der Waals surface area contributed by atoms with Crippen LogP contribution in [0.5, 0.6) is 0 Å². The fraction of sp³-hybridized carbons (Fsp3) is 0.296. The quantitative estimate of drug-likeness (QED) is 0.177. The van der Waals surface area contributed by atoms with E-state index in [1.54, 1.807) is 24.8 Å². The standard InChI is InChI=1S/C27H30ClN7O2Si/c1-17(18-6-5-9-29-13-18)31-27(36)21-15-35(16-37-10-11-38(2,3)4)26-25(21)32-23(14-30-26)24-20-8-7-19(28)12-22(20)33-34-24/h5-9,12-15,17H,10-11,16H2,1-4H3,(H,31,36)(H,33,34). The van der Waals surface area contributed by atoms with Gasteiger partial charge in [0.2, 0.25) is 0 Å². The molecule has 4 aromatic heterocycles. The lowest BCUT2D eigenvalue weighted by Crippen LogP contribution is -2.26. The third kappa shape index (κ3) is 5.62. The van der Waals surface area contributed by atoms with Crippen LogP contribution < -0.4 is 5.32 Å². The average molecular weight is 548 g/mol. The minimum absolute atomic E-state index is 0.237. The molecule has 0 saturated heterocycles. The number of pyridine rings is 1. The molecule has 38 heavy (non-hydrogen) atoms. The largest absolute Gasteiger partial charge is 0.361 e. The maximum Gasteiger partial charge on any atom is 0.255 e. The Labute approximate surface area is 226 Å². The van der Waals surface area contributed by atoms with E-state index in [1.165, 1.54) is 0 Å². The van der Waals surface area contributed by atoms with Gasteiger partial charge in [0.25, 0.3) is 5.91 Å². The van der Waals surface area contributed by atoms with E-state index in [-0.39, 0.29) is 18.7 Å². The summed E-state index contributed by atoms with van der Waals surface area (Å²) in [5, 5.41) is 12.0. The molecular weight excluding hydrogens is 518 g/mol. The zero-order valence-electron chi connectivity index (χ0n) is 21.8. The van der Waals surface area contributed by atoms with E-state index in [4.69, 9.17) is 21.3 Å². The van der Waals surface area contributed by atoms with Gasteiger partial charge in [-0.1, -0.05) is 37.3 Å². The third-order valence-corrected chi connectivity index (χ3v) is 8.28. The lowest BCUT2D eigenvalue weighted by Gasteiger charge is -2.15. The molecule has 4 heterocycles. The molecule has 9 nitrogen and oxygen atoms in total. The summed E-state index contributed by atoms with van der Waals surface area (Å²) in [5.74, 6) is -0.252. The Hall–Kier alpha value is -3.60. The van der Waals surface area contributed by atoms with Gasteiger partial charge in [-0.05, 0) is 42.8 Å². The van der Waals surface area contributed by atoms with Gasteiger partial charge in [0.1, 0.15) is 23.6 Å². The van der Waals surface area contributed by atoms with E-state index in [0.29, 0.717) is 39.7 Å². The molecule has 11 heteroatoms. The lowest BCUT2D eigenvalue weighted by atomic mass is 10.1. The number of hydrogen-bond acceptors (Lipinski definition) is 6. The van der Waals surface area contributed by atoms with Crippen molar-refractivity contribution in [2.75, 3.05) is 6.61 Å². The highest BCUT2D eigenvalue weighted by Crippen LogP contribution is 2.29. The Morgan fingerprint density at radius 3 is 2.84 bits per heavy atom. The van der Waals surface area contributed by atoms with Crippen LogP contribution >= 0.6 is 11.6 Å². The highest BCUT2D eigenvalue weighted by Gasteiger charge is 2.22. The Morgan fingerprint density at radius 2 is 2.08 bits per heavy atom. The van der Waals surface area contributed by atoms with Gasteiger partial charge >= 0.3 is 0 Å². The highest BCUT2D eigenvalue weighted by atomic mass is 35.5. The van der Waals surface area contributed by atoms with Gasteiger partial charge in [-0.2, -0.15) is 5.10 Å². The first kappa shape index (κ1) is 26.0. The summed E-state index contributed by atoms with van der Waals surface area (Å²) in [6.07, 6.45) is 6.88. The first-order valence-electron chi connectivity index (χ1n) is 12.5. The van der Waals surface area contributed by atoms with E-state index < -0.39 is 8.07 Å². The molecule has 0 fully saturated rings. The first-order valence-corrected chi connectivity index (χ1v) is 16.6. The number of aromatic nitrogens is 6. The van der Waals surface area contributed by atoms with Crippen molar-refractivity contribution < 1.29 is 9.53 Å². The molecule has 0 saturated carbocycles. The Balaban J connectivity index is 1.50. The fourth-order valence-corrected chi connectivity index (χ4v) is 5.08. The maximum absolute atomic E-state index is 13.5. The predicted molar refractivity (Wildman–Crippen MR) is 152 cm³/mol. The van der Waals surface area contributed by atoms with Crippen LogP contribution in [0.25, 0.3) is 33.5 Å². The van der Waals surface area contributed by atoms with E-state index >= 15 is 0 Å². The molecule has 0 aliphatic heterocycles. The van der Waals surface area contributed by atoms with Gasteiger partial charge in [0, 0.05) is 43.7 Å². The highest BCUT2D eigenvalue weighted by molar-refractivity contribution is 6.76. The predicted octanol–water partition coefficient (Wildman–Crippen LogP) is 5.83. The molecule has 0 spiro atoms. The molecule has 2 N–H and O–H groups in total. The van der Waals surface area contributed by atoms with Crippen LogP contribution in [-0.2, 0) is 11.5 Å². The summed E-state index contributed by atoms with van der Waals surface area (Å²) < 4.78 is 7.81. The van der Waals surface area contributed by atoms with Crippen LogP contribution in [0, 0.1) is 0 Å². The summed E-state index contributed by atoms with van der Waals surface area (Å²) >= 11 is 6.14. The lowest BCUT2D eigenvalue weighted by molar-refractivity contribution is 0.0890. The SMILES string of the molecule is CC(NC(=O)c1cn(COCC[Si](C)(C)C)c2ncc(-c3n[nH]c4cc(Cl)ccc34)nc12)c1cccnc1. The second-order valence-electron chi connectivity index (χ2n) is 10.5. The number of ether oxygens (including phenoxy) is 1. The van der Waals surface area contributed by atoms with Gasteiger partial charge in [-0.15, -0.1) is 0 Å². The summed E-state index contributed by atoms with van der Waals surface area (Å²) in [6, 6.07) is 10.1. The minimum Gasteiger partial charge on any atom is -0.361 e. The molecule has 5 rings (SSSR count). The van der Waals surface area contributed by atoms with Crippen LogP contribution in [-0.4, -0.2) is 50.3 Å². The van der Waals surface area contributed by atoms with Gasteiger partial charge < -0.3 is 14.6 Å². The molecule has 1 amide bonds. The molecule has 0 radical (unpaired) electrons. The Kier molecular flexibility index (Phi) is 7.29. The van der Waals surface area contributed by atoms with E-state index in [2.05, 4.69) is 45.1 Å². The zero-order valence-corrected chi connectivity index (χ0v) is 23.6. The van der Waals surface area contributed by atoms with Gasteiger partial charge in [-0.25, -0.2) is 9.97 Å². The van der Waals surface area contributed by atoms with E-state index in [9.17, 15) is 4.79 Å². The number of fused-ring (bicyclic) bond motifs is 2. The molecular formula is C27H30ClN7O2Si. The molecule has 0 aliphatic rings. The smallest absolute Gasteiger partial charge is 0.255 e. The first-order chi connectivity index (χ1) is 18.2. The minimum atomic E-state index is -1.23. The van der Waals surface area contributed by atoms with Crippen molar-refractivity contribution in [2.24, 2.45) is 0 Å². The average Bonchev–Trinajstić information content (AvgIpc) is 3.47. The van der Waals surface area contributed by atoms with E-state index in [1.807, 2.05) is 41.8 Å². The van der Waals surface area contributed by atoms with Crippen molar-refractivity contribution >= 4 is 47.6 Å². The van der Waals surface area contributed by atoms with Crippen molar-refractivity contribution in [1.82, 2.24) is 35.0 Å². The number of carbonyl (C=O) groups excluding carboxylic acids is 1. The topological polar surface area (TPSA) is 111 Å². The number of nitrogens with one attached hydrogen (secondary N) is 2. The number of nitrogens with zero attached hydrogens (tertiary/aromatic N) is 5. The number of amides is 1. The second-order valence-corrected chi connectivity index (χ2v) is 16.6. The molecule has 1 aromatic carbocycles. The normalized spacial score (nSPS) is 12.8. The monoisotopic (exact) mass is 547 g/mol. The number of carbonyl (C=O) groups is 1. The summed E-state index contributed by atoms with van der Waals surface area (Å²) in [5.41, 5.74) is 4.37. The maximum atomic E-state index is 13.5. The third-order valence-electron chi connectivity index (χ3n) is 6.34. The van der Waals surface area contributed by atoms with Crippen molar-refractivity contribution in [3.05, 3.63) is 71.3 Å². The fourth-order valence-electron chi connectivity index (χ4n) is 4.15. The summed E-state index contributed by atoms with van der Waals surface area (Å²) in [6.45, 7) is 9.80. The van der Waals surface area contributed by atoms with Gasteiger partial charge in [0.05, 0.1) is 23.3 Å². The van der Waals surface area contributed by atoms with Crippen molar-refractivity contribution in [2.45, 2.75) is 45.4 Å². The molecule has 0 bridgehead atoms.